The van der Waals surface area contributed by atoms with Gasteiger partial charge in [-0.3, -0.25) is 19.0 Å². The summed E-state index contributed by atoms with van der Waals surface area (Å²) in [5.41, 5.74) is 13.9. The molecule has 6 nitrogen and oxygen atoms in total. The molecule has 5 rings (SSSR count). The van der Waals surface area contributed by atoms with Crippen molar-refractivity contribution < 1.29 is 9.59 Å². The van der Waals surface area contributed by atoms with Crippen LogP contribution in [0.4, 0.5) is 0 Å². The number of ketones is 1. The molecule has 4 aromatic rings. The Balaban J connectivity index is 1.86. The lowest BCUT2D eigenvalue weighted by Crippen LogP contribution is -2.42. The quantitative estimate of drug-likeness (QED) is 0.373. The number of primary amides is 1. The molecule has 0 saturated heterocycles. The van der Waals surface area contributed by atoms with Gasteiger partial charge in [0.15, 0.2) is 5.78 Å². The minimum atomic E-state index is -0.899. The predicted octanol–water partition coefficient (Wildman–Crippen LogP) is 3.49. The van der Waals surface area contributed by atoms with Crippen LogP contribution >= 0.6 is 34.5 Å². The van der Waals surface area contributed by atoms with Gasteiger partial charge in [0.2, 0.25) is 5.91 Å². The second-order valence-corrected chi connectivity index (χ2v) is 10.3. The van der Waals surface area contributed by atoms with Crippen molar-refractivity contribution in [2.75, 3.05) is 0 Å². The van der Waals surface area contributed by atoms with Gasteiger partial charge in [-0.05, 0) is 41.5 Å². The Bertz CT molecular complexity index is 1750. The van der Waals surface area contributed by atoms with Crippen LogP contribution < -0.4 is 26.2 Å². The predicted molar refractivity (Wildman–Crippen MR) is 148 cm³/mol. The number of amides is 1. The van der Waals surface area contributed by atoms with Crippen LogP contribution in [0.1, 0.15) is 27.4 Å². The number of aromatic nitrogens is 1. The van der Waals surface area contributed by atoms with Gasteiger partial charge < -0.3 is 11.5 Å². The van der Waals surface area contributed by atoms with Gasteiger partial charge in [-0.1, -0.05) is 77.8 Å². The summed E-state index contributed by atoms with van der Waals surface area (Å²) in [6, 6.07) is 22.2. The first-order valence-corrected chi connectivity index (χ1v) is 12.7. The molecule has 37 heavy (non-hydrogen) atoms. The fourth-order valence-electron chi connectivity index (χ4n) is 4.36. The third kappa shape index (κ3) is 4.53. The monoisotopic (exact) mass is 547 g/mol. The van der Waals surface area contributed by atoms with Gasteiger partial charge in [0.05, 0.1) is 15.7 Å². The van der Waals surface area contributed by atoms with Gasteiger partial charge in [0.25, 0.3) is 5.56 Å². The summed E-state index contributed by atoms with van der Waals surface area (Å²) >= 11 is 13.2. The van der Waals surface area contributed by atoms with Crippen LogP contribution in [-0.2, 0) is 4.79 Å². The number of benzene rings is 3. The van der Waals surface area contributed by atoms with E-state index in [2.05, 4.69) is 0 Å². The number of rotatable bonds is 5. The zero-order chi connectivity index (χ0) is 26.3. The first kappa shape index (κ1) is 24.8. The first-order valence-electron chi connectivity index (χ1n) is 11.1. The average molecular weight is 548 g/mol. The fraction of sp³-hybridized carbons (Fsp3) is 0.0357. The standard InChI is InChI=1S/C28H19Cl2N3O3S/c29-18-10-6-15(7-11-18)14-20-27(36)33-25(31)22(24(34)17-4-2-1-3-5-17)21(16-8-12-19(30)13-9-16)23(26(32)35)28(33)37-20/h1-14,21H,31H2,(H2,32,35)/b20-14+/t21-/m1/s1. The maximum Gasteiger partial charge on any atom is 0.274 e. The van der Waals surface area contributed by atoms with E-state index in [-0.39, 0.29) is 21.6 Å². The molecular formula is C28H19Cl2N3O3S. The van der Waals surface area contributed by atoms with E-state index in [4.69, 9.17) is 34.7 Å². The van der Waals surface area contributed by atoms with Crippen molar-refractivity contribution in [3.63, 3.8) is 0 Å². The van der Waals surface area contributed by atoms with E-state index in [9.17, 15) is 14.4 Å². The van der Waals surface area contributed by atoms with E-state index in [1.54, 1.807) is 84.9 Å². The summed E-state index contributed by atoms with van der Waals surface area (Å²) in [6.45, 7) is 0. The molecule has 1 amide bonds. The second kappa shape index (κ2) is 9.86. The number of fused-ring (bicyclic) bond motifs is 1. The van der Waals surface area contributed by atoms with Crippen LogP contribution in [0, 0.1) is 0 Å². The fourth-order valence-corrected chi connectivity index (χ4v) is 5.79. The van der Waals surface area contributed by atoms with Gasteiger partial charge >= 0.3 is 0 Å². The third-order valence-electron chi connectivity index (χ3n) is 6.07. The van der Waals surface area contributed by atoms with E-state index < -0.39 is 23.2 Å². The van der Waals surface area contributed by atoms with Gasteiger partial charge in [-0.2, -0.15) is 0 Å². The number of halogens is 2. The molecule has 0 aliphatic carbocycles. The molecule has 2 heterocycles. The van der Waals surface area contributed by atoms with Gasteiger partial charge in [0.1, 0.15) is 10.5 Å². The first-order chi connectivity index (χ1) is 17.8. The lowest BCUT2D eigenvalue weighted by Gasteiger charge is -2.27. The molecule has 0 radical (unpaired) electrons. The van der Waals surface area contributed by atoms with Crippen molar-refractivity contribution in [2.24, 2.45) is 11.5 Å². The molecule has 3 aromatic carbocycles. The number of hydrogen-bond donors (Lipinski definition) is 2. The van der Waals surface area contributed by atoms with Crippen LogP contribution in [0.5, 0.6) is 0 Å². The summed E-state index contributed by atoms with van der Waals surface area (Å²) in [5.74, 6) is -2.13. The normalized spacial score (nSPS) is 15.6. The lowest BCUT2D eigenvalue weighted by atomic mass is 9.80. The molecule has 184 valence electrons. The van der Waals surface area contributed by atoms with Crippen molar-refractivity contribution in [2.45, 2.75) is 5.92 Å². The molecule has 0 bridgehead atoms. The maximum absolute atomic E-state index is 13.8. The van der Waals surface area contributed by atoms with Crippen molar-refractivity contribution in [1.82, 2.24) is 4.57 Å². The molecule has 1 atom stereocenters. The van der Waals surface area contributed by atoms with Crippen LogP contribution in [0.2, 0.25) is 10.0 Å². The topological polar surface area (TPSA) is 108 Å². The largest absolute Gasteiger partial charge is 0.384 e. The summed E-state index contributed by atoms with van der Waals surface area (Å²) in [6.07, 6.45) is 1.68. The van der Waals surface area contributed by atoms with Crippen molar-refractivity contribution in [3.05, 3.63) is 131 Å². The summed E-state index contributed by atoms with van der Waals surface area (Å²) < 4.78 is 1.80. The van der Waals surface area contributed by atoms with Crippen molar-refractivity contribution in [3.8, 4) is 0 Å². The van der Waals surface area contributed by atoms with Crippen LogP contribution in [0.3, 0.4) is 0 Å². The van der Waals surface area contributed by atoms with Gasteiger partial charge in [0, 0.05) is 21.5 Å². The molecule has 1 aromatic heterocycles. The Kier molecular flexibility index (Phi) is 6.60. The Morgan fingerprint density at radius 1 is 0.865 bits per heavy atom. The Hall–Kier alpha value is -3.91. The molecular weight excluding hydrogens is 529 g/mol. The summed E-state index contributed by atoms with van der Waals surface area (Å²) in [4.78, 5) is 40.3. The number of thiazole rings is 1. The lowest BCUT2D eigenvalue weighted by molar-refractivity contribution is -0.113. The third-order valence-corrected chi connectivity index (χ3v) is 7.68. The highest BCUT2D eigenvalue weighted by Gasteiger charge is 2.37. The van der Waals surface area contributed by atoms with Crippen LogP contribution in [-0.4, -0.2) is 16.3 Å². The number of hydrogen-bond acceptors (Lipinski definition) is 5. The van der Waals surface area contributed by atoms with E-state index in [0.717, 1.165) is 16.9 Å². The Morgan fingerprint density at radius 2 is 1.46 bits per heavy atom. The van der Waals surface area contributed by atoms with Crippen molar-refractivity contribution in [1.29, 1.82) is 0 Å². The Morgan fingerprint density at radius 3 is 2.05 bits per heavy atom. The molecule has 1 aliphatic rings. The molecule has 0 fully saturated rings. The molecule has 4 N–H and O–H groups in total. The molecule has 0 spiro atoms. The molecule has 0 saturated carbocycles. The number of nitrogens with zero attached hydrogens (tertiary/aromatic N) is 1. The zero-order valence-corrected chi connectivity index (χ0v) is 21.5. The number of nitrogens with two attached hydrogens (primary N) is 2. The number of carbonyl (C=O) groups excluding carboxylic acids is 2. The SMILES string of the molecule is NC(=O)C1=c2s/c(=C/c3ccc(Cl)cc3)c(=O)n2C(N)=C(C(=O)c2ccccc2)[C@H]1c1ccc(Cl)cc1. The molecule has 9 heteroatoms. The number of carbonyl (C=O) groups is 2. The minimum Gasteiger partial charge on any atom is -0.384 e. The summed E-state index contributed by atoms with van der Waals surface area (Å²) in [5, 5.41) is 1.05. The maximum atomic E-state index is 13.8. The van der Waals surface area contributed by atoms with Gasteiger partial charge in [-0.15, -0.1) is 11.3 Å². The number of allylic oxidation sites excluding steroid dienone is 1. The summed E-state index contributed by atoms with van der Waals surface area (Å²) in [7, 11) is 0. The van der Waals surface area contributed by atoms with E-state index >= 15 is 0 Å². The number of Topliss-reactive ketones (excluding diaryl/α,β-unsaturated/α-hetero) is 1. The Labute approximate surface area is 225 Å². The second-order valence-electron chi connectivity index (χ2n) is 8.36. The average Bonchev–Trinajstić information content (AvgIpc) is 3.21. The van der Waals surface area contributed by atoms with Gasteiger partial charge in [-0.25, -0.2) is 0 Å². The van der Waals surface area contributed by atoms with Crippen LogP contribution in [0.15, 0.2) is 89.2 Å². The smallest absolute Gasteiger partial charge is 0.274 e. The highest BCUT2D eigenvalue weighted by Crippen LogP contribution is 2.38. The van der Waals surface area contributed by atoms with E-state index in [1.165, 1.54) is 4.57 Å². The minimum absolute atomic E-state index is 0.0502. The van der Waals surface area contributed by atoms with Crippen molar-refractivity contribution >= 4 is 63.7 Å². The highest BCUT2D eigenvalue weighted by atomic mass is 35.5. The molecule has 0 unspecified atom stereocenters. The van der Waals surface area contributed by atoms with Crippen LogP contribution in [0.25, 0.3) is 17.5 Å². The van der Waals surface area contributed by atoms with E-state index in [0.29, 0.717) is 25.7 Å². The highest BCUT2D eigenvalue weighted by molar-refractivity contribution is 7.07. The zero-order valence-electron chi connectivity index (χ0n) is 19.2. The molecule has 1 aliphatic heterocycles. The van der Waals surface area contributed by atoms with E-state index in [1.807, 2.05) is 0 Å².